The van der Waals surface area contributed by atoms with Crippen LogP contribution >= 0.6 is 0 Å². The molecule has 3 heterocycles. The van der Waals surface area contributed by atoms with Crippen LogP contribution in [-0.2, 0) is 6.18 Å². The molecular formula is C15H17F3N6. The summed E-state index contributed by atoms with van der Waals surface area (Å²) in [6.45, 7) is 6.34. The van der Waals surface area contributed by atoms with Crippen molar-refractivity contribution in [3.63, 3.8) is 0 Å². The Balaban J connectivity index is 1.73. The van der Waals surface area contributed by atoms with Gasteiger partial charge in [0.2, 0.25) is 0 Å². The van der Waals surface area contributed by atoms with Crippen LogP contribution in [0.25, 0.3) is 0 Å². The SMILES string of the molecule is Cc1ncnc(N2CCN(c3cc(C(F)(F)F)ncn3)CC2)c1C. The summed E-state index contributed by atoms with van der Waals surface area (Å²) in [4.78, 5) is 19.7. The lowest BCUT2D eigenvalue weighted by Crippen LogP contribution is -2.47. The average Bonchev–Trinajstić information content (AvgIpc) is 2.57. The zero-order chi connectivity index (χ0) is 17.3. The van der Waals surface area contributed by atoms with Crippen molar-refractivity contribution in [1.82, 2.24) is 19.9 Å². The molecule has 0 aromatic carbocycles. The lowest BCUT2D eigenvalue weighted by Gasteiger charge is -2.36. The van der Waals surface area contributed by atoms with Gasteiger partial charge in [-0.15, -0.1) is 0 Å². The van der Waals surface area contributed by atoms with E-state index in [-0.39, 0.29) is 0 Å². The predicted octanol–water partition coefficient (Wildman–Crippen LogP) is 2.23. The monoisotopic (exact) mass is 338 g/mol. The minimum Gasteiger partial charge on any atom is -0.353 e. The number of alkyl halides is 3. The van der Waals surface area contributed by atoms with Gasteiger partial charge < -0.3 is 9.80 Å². The molecule has 0 N–H and O–H groups in total. The Hall–Kier alpha value is -2.45. The van der Waals surface area contributed by atoms with E-state index in [2.05, 4.69) is 24.8 Å². The van der Waals surface area contributed by atoms with Crippen LogP contribution in [-0.4, -0.2) is 46.1 Å². The Bertz CT molecular complexity index is 725. The smallest absolute Gasteiger partial charge is 0.353 e. The molecule has 9 heteroatoms. The van der Waals surface area contributed by atoms with Crippen molar-refractivity contribution in [2.75, 3.05) is 36.0 Å². The molecule has 0 spiro atoms. The van der Waals surface area contributed by atoms with Gasteiger partial charge in [-0.25, -0.2) is 19.9 Å². The third kappa shape index (κ3) is 3.24. The number of anilines is 2. The summed E-state index contributed by atoms with van der Waals surface area (Å²) in [5, 5.41) is 0. The molecule has 1 aliphatic rings. The van der Waals surface area contributed by atoms with E-state index in [0.717, 1.165) is 29.5 Å². The number of piperazine rings is 1. The fourth-order valence-electron chi connectivity index (χ4n) is 2.67. The summed E-state index contributed by atoms with van der Waals surface area (Å²) in [7, 11) is 0. The highest BCUT2D eigenvalue weighted by molar-refractivity contribution is 5.50. The average molecular weight is 338 g/mol. The van der Waals surface area contributed by atoms with Gasteiger partial charge in [0.1, 0.15) is 30.0 Å². The number of halogens is 3. The van der Waals surface area contributed by atoms with Crippen LogP contribution in [0.2, 0.25) is 0 Å². The van der Waals surface area contributed by atoms with Crippen LogP contribution in [0.15, 0.2) is 18.7 Å². The van der Waals surface area contributed by atoms with Gasteiger partial charge in [-0.05, 0) is 13.8 Å². The van der Waals surface area contributed by atoms with Gasteiger partial charge >= 0.3 is 6.18 Å². The normalized spacial score (nSPS) is 15.7. The number of rotatable bonds is 2. The first kappa shape index (κ1) is 16.4. The van der Waals surface area contributed by atoms with E-state index in [9.17, 15) is 13.2 Å². The summed E-state index contributed by atoms with van der Waals surface area (Å²) in [6.07, 6.45) is -1.97. The van der Waals surface area contributed by atoms with E-state index in [4.69, 9.17) is 0 Å². The molecule has 0 atom stereocenters. The van der Waals surface area contributed by atoms with E-state index in [1.54, 1.807) is 0 Å². The lowest BCUT2D eigenvalue weighted by molar-refractivity contribution is -0.141. The van der Waals surface area contributed by atoms with Crippen molar-refractivity contribution in [1.29, 1.82) is 0 Å². The van der Waals surface area contributed by atoms with Gasteiger partial charge in [0.05, 0.1) is 0 Å². The zero-order valence-electron chi connectivity index (χ0n) is 13.4. The van der Waals surface area contributed by atoms with Crippen molar-refractivity contribution < 1.29 is 13.2 Å². The van der Waals surface area contributed by atoms with Crippen molar-refractivity contribution >= 4 is 11.6 Å². The second kappa shape index (κ2) is 6.21. The highest BCUT2D eigenvalue weighted by Gasteiger charge is 2.33. The minimum atomic E-state index is -4.46. The standard InChI is InChI=1S/C15H17F3N6/c1-10-11(2)19-8-22-14(10)24-5-3-23(4-6-24)13-7-12(15(16,17)18)20-9-21-13/h7-9H,3-6H2,1-2H3. The summed E-state index contributed by atoms with van der Waals surface area (Å²) >= 11 is 0. The number of hydrogen-bond acceptors (Lipinski definition) is 6. The molecule has 2 aromatic heterocycles. The fourth-order valence-corrected chi connectivity index (χ4v) is 2.67. The number of hydrogen-bond donors (Lipinski definition) is 0. The zero-order valence-corrected chi connectivity index (χ0v) is 13.4. The summed E-state index contributed by atoms with van der Waals surface area (Å²) in [5.41, 5.74) is 1.03. The topological polar surface area (TPSA) is 58.0 Å². The molecule has 0 aliphatic carbocycles. The molecule has 0 unspecified atom stereocenters. The Morgan fingerprint density at radius 1 is 0.875 bits per heavy atom. The molecule has 1 saturated heterocycles. The third-order valence-corrected chi connectivity index (χ3v) is 4.16. The predicted molar refractivity (Wildman–Crippen MR) is 83.0 cm³/mol. The van der Waals surface area contributed by atoms with E-state index in [0.29, 0.717) is 32.0 Å². The Labute approximate surface area is 137 Å². The number of aryl methyl sites for hydroxylation is 1. The van der Waals surface area contributed by atoms with Crippen molar-refractivity contribution in [3.8, 4) is 0 Å². The van der Waals surface area contributed by atoms with Crippen molar-refractivity contribution in [2.24, 2.45) is 0 Å². The first-order valence-corrected chi connectivity index (χ1v) is 7.53. The van der Waals surface area contributed by atoms with E-state index >= 15 is 0 Å². The van der Waals surface area contributed by atoms with Crippen LogP contribution in [0.3, 0.4) is 0 Å². The molecule has 0 amide bonds. The van der Waals surface area contributed by atoms with Gasteiger partial charge in [-0.2, -0.15) is 13.2 Å². The van der Waals surface area contributed by atoms with Crippen LogP contribution in [0.4, 0.5) is 24.8 Å². The summed E-state index contributed by atoms with van der Waals surface area (Å²) in [5.74, 6) is 1.17. The second-order valence-electron chi connectivity index (χ2n) is 5.64. The third-order valence-electron chi connectivity index (χ3n) is 4.16. The number of nitrogens with zero attached hydrogens (tertiary/aromatic N) is 6. The van der Waals surface area contributed by atoms with E-state index in [1.807, 2.05) is 18.7 Å². The molecule has 0 bridgehead atoms. The fraction of sp³-hybridized carbons (Fsp3) is 0.467. The molecule has 1 aliphatic heterocycles. The molecule has 128 valence electrons. The van der Waals surface area contributed by atoms with Crippen LogP contribution in [0.5, 0.6) is 0 Å². The molecule has 0 radical (unpaired) electrons. The van der Waals surface area contributed by atoms with Gasteiger partial charge in [0, 0.05) is 43.5 Å². The first-order chi connectivity index (χ1) is 11.4. The lowest BCUT2D eigenvalue weighted by atomic mass is 10.2. The highest BCUT2D eigenvalue weighted by Crippen LogP contribution is 2.29. The Morgan fingerprint density at radius 3 is 2.17 bits per heavy atom. The van der Waals surface area contributed by atoms with E-state index < -0.39 is 11.9 Å². The second-order valence-corrected chi connectivity index (χ2v) is 5.64. The Kier molecular flexibility index (Phi) is 4.25. The molecular weight excluding hydrogens is 321 g/mol. The minimum absolute atomic E-state index is 0.299. The van der Waals surface area contributed by atoms with Gasteiger partial charge in [0.15, 0.2) is 0 Å². The molecule has 2 aromatic rings. The van der Waals surface area contributed by atoms with Gasteiger partial charge in [-0.3, -0.25) is 0 Å². The van der Waals surface area contributed by atoms with Gasteiger partial charge in [0.25, 0.3) is 0 Å². The quantitative estimate of drug-likeness (QED) is 0.837. The van der Waals surface area contributed by atoms with Crippen molar-refractivity contribution in [2.45, 2.75) is 20.0 Å². The maximum absolute atomic E-state index is 12.8. The molecule has 3 rings (SSSR count). The number of aromatic nitrogens is 4. The summed E-state index contributed by atoms with van der Waals surface area (Å²) in [6, 6.07) is 0.996. The highest BCUT2D eigenvalue weighted by atomic mass is 19.4. The maximum atomic E-state index is 12.8. The van der Waals surface area contributed by atoms with Gasteiger partial charge in [-0.1, -0.05) is 0 Å². The summed E-state index contributed by atoms with van der Waals surface area (Å²) < 4.78 is 38.3. The molecule has 1 fully saturated rings. The van der Waals surface area contributed by atoms with Crippen LogP contribution < -0.4 is 9.80 Å². The Morgan fingerprint density at radius 2 is 1.50 bits per heavy atom. The van der Waals surface area contributed by atoms with Crippen molar-refractivity contribution in [3.05, 3.63) is 35.7 Å². The molecule has 6 nitrogen and oxygen atoms in total. The maximum Gasteiger partial charge on any atom is 0.433 e. The molecule has 0 saturated carbocycles. The van der Waals surface area contributed by atoms with E-state index in [1.165, 1.54) is 6.33 Å². The van der Waals surface area contributed by atoms with Crippen LogP contribution in [0.1, 0.15) is 17.0 Å². The largest absolute Gasteiger partial charge is 0.433 e. The molecule has 24 heavy (non-hydrogen) atoms. The first-order valence-electron chi connectivity index (χ1n) is 7.53. The van der Waals surface area contributed by atoms with Crippen LogP contribution in [0, 0.1) is 13.8 Å².